The zero-order chi connectivity index (χ0) is 31.1. The van der Waals surface area contributed by atoms with E-state index in [1.807, 2.05) is 42.5 Å². The maximum atomic E-state index is 13.8. The maximum Gasteiger partial charge on any atom is 0.312 e. The largest absolute Gasteiger partial charge is 0.481 e. The fourth-order valence-corrected chi connectivity index (χ4v) is 5.84. The third kappa shape index (κ3) is 5.45. The van der Waals surface area contributed by atoms with Crippen molar-refractivity contribution in [1.82, 2.24) is 9.66 Å². The lowest BCUT2D eigenvalue weighted by Gasteiger charge is -2.12. The number of aromatic nitrogens is 2. The summed E-state index contributed by atoms with van der Waals surface area (Å²) in [6.07, 6.45) is 1.34. The Morgan fingerprint density at radius 1 is 0.956 bits per heavy atom. The molecule has 7 rings (SSSR count). The minimum atomic E-state index is -0.519. The third-order valence-corrected chi connectivity index (χ3v) is 7.97. The Morgan fingerprint density at radius 3 is 2.58 bits per heavy atom. The van der Waals surface area contributed by atoms with Crippen molar-refractivity contribution < 1.29 is 14.1 Å². The van der Waals surface area contributed by atoms with Gasteiger partial charge in [0.05, 0.1) is 22.0 Å². The second-order valence-electron chi connectivity index (χ2n) is 10.1. The molecule has 45 heavy (non-hydrogen) atoms. The highest BCUT2D eigenvalue weighted by atomic mass is 79.9. The standard InChI is InChI=1S/C34H20BrClN4O5/c35-24-14-23(32(29(17-24)40(42)43)44-19-21-8-5-7-20-6-1-2-9-26(20)21)18-37-39-33(38-28-11-4-3-10-27(28)34(39)41)31-16-22-15-25(36)12-13-30(22)45-31/h1-18H,19H2. The summed E-state index contributed by atoms with van der Waals surface area (Å²) in [6.45, 7) is 0.0644. The number of ether oxygens (including phenoxy) is 1. The molecule has 0 aliphatic carbocycles. The lowest BCUT2D eigenvalue weighted by Crippen LogP contribution is -2.20. The van der Waals surface area contributed by atoms with E-state index in [9.17, 15) is 14.9 Å². The van der Waals surface area contributed by atoms with Gasteiger partial charge in [-0.1, -0.05) is 82.1 Å². The summed E-state index contributed by atoms with van der Waals surface area (Å²) in [7, 11) is 0. The lowest BCUT2D eigenvalue weighted by molar-refractivity contribution is -0.386. The summed E-state index contributed by atoms with van der Waals surface area (Å²) in [5, 5.41) is 20.2. The first-order valence-electron chi connectivity index (χ1n) is 13.7. The Balaban J connectivity index is 1.36. The van der Waals surface area contributed by atoms with Crippen molar-refractivity contribution in [2.75, 3.05) is 0 Å². The van der Waals surface area contributed by atoms with Gasteiger partial charge in [0.2, 0.25) is 11.6 Å². The monoisotopic (exact) mass is 678 g/mol. The molecule has 0 saturated heterocycles. The van der Waals surface area contributed by atoms with Crippen molar-refractivity contribution in [2.45, 2.75) is 6.61 Å². The number of halogens is 2. The molecule has 0 bridgehead atoms. The number of hydrogen-bond acceptors (Lipinski definition) is 7. The molecule has 0 unspecified atom stereocenters. The normalized spacial score (nSPS) is 11.6. The first-order chi connectivity index (χ1) is 21.9. The van der Waals surface area contributed by atoms with Crippen LogP contribution >= 0.6 is 27.5 Å². The van der Waals surface area contributed by atoms with Gasteiger partial charge < -0.3 is 9.15 Å². The second kappa shape index (κ2) is 11.6. The molecule has 0 N–H and O–H groups in total. The van der Waals surface area contributed by atoms with Crippen LogP contribution in [0.25, 0.3) is 44.2 Å². The number of furan rings is 1. The first kappa shape index (κ1) is 28.5. The SMILES string of the molecule is O=c1c2ccccc2nc(-c2cc3cc(Cl)ccc3o2)n1N=Cc1cc(Br)cc([N+](=O)[O-])c1OCc1cccc2ccccc12. The quantitative estimate of drug-likeness (QED) is 0.0946. The van der Waals surface area contributed by atoms with Crippen molar-refractivity contribution >= 4 is 72.1 Å². The predicted molar refractivity (Wildman–Crippen MR) is 178 cm³/mol. The maximum absolute atomic E-state index is 13.8. The molecule has 0 spiro atoms. The second-order valence-corrected chi connectivity index (χ2v) is 11.5. The van der Waals surface area contributed by atoms with Gasteiger partial charge in [0.15, 0.2) is 5.76 Å². The third-order valence-electron chi connectivity index (χ3n) is 7.28. The van der Waals surface area contributed by atoms with Crippen molar-refractivity contribution in [3.8, 4) is 17.3 Å². The molecule has 0 amide bonds. The van der Waals surface area contributed by atoms with Crippen molar-refractivity contribution in [1.29, 1.82) is 0 Å². The van der Waals surface area contributed by atoms with E-state index < -0.39 is 10.5 Å². The number of para-hydroxylation sites is 1. The van der Waals surface area contributed by atoms with Crippen LogP contribution in [0, 0.1) is 10.1 Å². The van der Waals surface area contributed by atoms with E-state index in [1.54, 1.807) is 54.6 Å². The number of benzene rings is 5. The molecule has 0 saturated carbocycles. The van der Waals surface area contributed by atoms with Crippen LogP contribution in [-0.4, -0.2) is 20.8 Å². The summed E-state index contributed by atoms with van der Waals surface area (Å²) < 4.78 is 13.7. The summed E-state index contributed by atoms with van der Waals surface area (Å²) in [5.41, 5.74) is 1.44. The van der Waals surface area contributed by atoms with E-state index in [-0.39, 0.29) is 29.4 Å². The van der Waals surface area contributed by atoms with Gasteiger partial charge in [-0.2, -0.15) is 9.78 Å². The van der Waals surface area contributed by atoms with E-state index in [0.717, 1.165) is 26.4 Å². The number of nitro benzene ring substituents is 1. The summed E-state index contributed by atoms with van der Waals surface area (Å²) >= 11 is 9.55. The Labute approximate surface area is 268 Å². The van der Waals surface area contributed by atoms with Crippen molar-refractivity contribution in [3.05, 3.63) is 144 Å². The van der Waals surface area contributed by atoms with Crippen LogP contribution < -0.4 is 10.3 Å². The minimum Gasteiger partial charge on any atom is -0.481 e. The number of rotatable bonds is 7. The van der Waals surface area contributed by atoms with Crippen LogP contribution in [0.1, 0.15) is 11.1 Å². The lowest BCUT2D eigenvalue weighted by atomic mass is 10.1. The molecule has 0 atom stereocenters. The average molecular weight is 680 g/mol. The van der Waals surface area contributed by atoms with Gasteiger partial charge in [0.25, 0.3) is 5.56 Å². The molecule has 0 fully saturated rings. The highest BCUT2D eigenvalue weighted by Crippen LogP contribution is 2.35. The highest BCUT2D eigenvalue weighted by Gasteiger charge is 2.22. The van der Waals surface area contributed by atoms with Crippen molar-refractivity contribution in [2.24, 2.45) is 5.10 Å². The predicted octanol–water partition coefficient (Wildman–Crippen LogP) is 8.75. The first-order valence-corrected chi connectivity index (χ1v) is 14.9. The topological polar surface area (TPSA) is 113 Å². The Bertz CT molecular complexity index is 2380. The van der Waals surface area contributed by atoms with Gasteiger partial charge >= 0.3 is 5.69 Å². The molecule has 0 aliphatic rings. The number of nitrogens with zero attached hydrogens (tertiary/aromatic N) is 4. The van der Waals surface area contributed by atoms with Gasteiger partial charge in [-0.25, -0.2) is 4.98 Å². The molecular formula is C34H20BrClN4O5. The van der Waals surface area contributed by atoms with Crippen molar-refractivity contribution in [3.63, 3.8) is 0 Å². The Hall–Kier alpha value is -5.32. The van der Waals surface area contributed by atoms with Crippen LogP contribution in [0.4, 0.5) is 5.69 Å². The van der Waals surface area contributed by atoms with Crippen LogP contribution in [0.3, 0.4) is 0 Å². The molecule has 220 valence electrons. The number of fused-ring (bicyclic) bond motifs is 3. The number of hydrogen-bond donors (Lipinski definition) is 0. The Kier molecular flexibility index (Phi) is 7.36. The van der Waals surface area contributed by atoms with Crippen LogP contribution in [0.2, 0.25) is 5.02 Å². The van der Waals surface area contributed by atoms with Gasteiger partial charge in [0.1, 0.15) is 12.2 Å². The zero-order valence-corrected chi connectivity index (χ0v) is 25.5. The van der Waals surface area contributed by atoms with Gasteiger partial charge in [-0.15, -0.1) is 0 Å². The highest BCUT2D eigenvalue weighted by molar-refractivity contribution is 9.10. The molecule has 0 radical (unpaired) electrons. The van der Waals surface area contributed by atoms with E-state index >= 15 is 0 Å². The molecule has 2 aromatic heterocycles. The molecule has 11 heteroatoms. The number of nitro groups is 1. The molecular weight excluding hydrogens is 660 g/mol. The van der Waals surface area contributed by atoms with Crippen LogP contribution in [-0.2, 0) is 6.61 Å². The fourth-order valence-electron chi connectivity index (χ4n) is 5.19. The van der Waals surface area contributed by atoms with E-state index in [0.29, 0.717) is 31.7 Å². The van der Waals surface area contributed by atoms with Gasteiger partial charge in [-0.3, -0.25) is 14.9 Å². The molecule has 5 aromatic carbocycles. The zero-order valence-electron chi connectivity index (χ0n) is 23.2. The minimum absolute atomic E-state index is 0.00149. The Morgan fingerprint density at radius 2 is 1.73 bits per heavy atom. The van der Waals surface area contributed by atoms with Crippen LogP contribution in [0.15, 0.2) is 122 Å². The molecule has 0 aliphatic heterocycles. The van der Waals surface area contributed by atoms with E-state index in [1.165, 1.54) is 12.3 Å². The fraction of sp³-hybridized carbons (Fsp3) is 0.0294. The average Bonchev–Trinajstić information content (AvgIpc) is 3.46. The van der Waals surface area contributed by atoms with Crippen LogP contribution in [0.5, 0.6) is 5.75 Å². The summed E-state index contributed by atoms with van der Waals surface area (Å²) in [5.74, 6) is 0.437. The van der Waals surface area contributed by atoms with Gasteiger partial charge in [0, 0.05) is 26.5 Å². The van der Waals surface area contributed by atoms with Gasteiger partial charge in [-0.05, 0) is 58.8 Å². The molecule has 9 nitrogen and oxygen atoms in total. The summed E-state index contributed by atoms with van der Waals surface area (Å²) in [6, 6.07) is 30.4. The van der Waals surface area contributed by atoms with E-state index in [4.69, 9.17) is 25.7 Å². The van der Waals surface area contributed by atoms with E-state index in [2.05, 4.69) is 21.0 Å². The molecule has 7 aromatic rings. The smallest absolute Gasteiger partial charge is 0.312 e. The summed E-state index contributed by atoms with van der Waals surface area (Å²) in [4.78, 5) is 30.1. The molecule has 2 heterocycles.